The summed E-state index contributed by atoms with van der Waals surface area (Å²) in [6.07, 6.45) is -0.914. The van der Waals surface area contributed by atoms with Gasteiger partial charge in [-0.15, -0.1) is 0 Å². The molecule has 0 spiro atoms. The topological polar surface area (TPSA) is 40.5 Å². The molecule has 0 unspecified atom stereocenters. The van der Waals surface area contributed by atoms with Crippen molar-refractivity contribution in [3.8, 4) is 0 Å². The zero-order valence-corrected chi connectivity index (χ0v) is 12.0. The van der Waals surface area contributed by atoms with Crippen molar-refractivity contribution in [3.63, 3.8) is 0 Å². The molecule has 0 atom stereocenters. The summed E-state index contributed by atoms with van der Waals surface area (Å²) in [5.74, 6) is -1.52. The molecule has 0 bridgehead atoms. The van der Waals surface area contributed by atoms with Crippen LogP contribution in [0.5, 0.6) is 0 Å². The summed E-state index contributed by atoms with van der Waals surface area (Å²) in [4.78, 5) is 13.7. The quantitative estimate of drug-likeness (QED) is 0.765. The number of amides is 1. The molecule has 118 valence electrons. The van der Waals surface area contributed by atoms with Crippen molar-refractivity contribution in [2.45, 2.75) is 51.1 Å². The monoisotopic (exact) mass is 295 g/mol. The van der Waals surface area contributed by atoms with Gasteiger partial charge in [-0.25, -0.2) is 0 Å². The van der Waals surface area contributed by atoms with Crippen LogP contribution in [-0.2, 0) is 4.79 Å². The van der Waals surface area contributed by atoms with Crippen LogP contribution in [0, 0.1) is 11.8 Å². The minimum atomic E-state index is -4.12. The van der Waals surface area contributed by atoms with E-state index in [9.17, 15) is 18.0 Å². The minimum absolute atomic E-state index is 0.0328. The van der Waals surface area contributed by atoms with Gasteiger partial charge in [0.05, 0.1) is 5.92 Å². The van der Waals surface area contributed by atoms with Gasteiger partial charge in [-0.1, -0.05) is 0 Å². The lowest BCUT2D eigenvalue weighted by Crippen LogP contribution is -2.37. The maximum absolute atomic E-state index is 12.6. The summed E-state index contributed by atoms with van der Waals surface area (Å²) >= 11 is 0. The average molecular weight is 295 g/mol. The van der Waals surface area contributed by atoms with Gasteiger partial charge < -0.3 is 10.0 Å². The van der Waals surface area contributed by atoms with Gasteiger partial charge in [0.15, 0.2) is 0 Å². The first-order valence-electron chi connectivity index (χ1n) is 7.28. The predicted octanol–water partition coefficient (Wildman–Crippen LogP) is 2.98. The molecule has 1 aliphatic rings. The molecule has 1 aliphatic carbocycles. The Morgan fingerprint density at radius 1 is 1.15 bits per heavy atom. The van der Waals surface area contributed by atoms with Gasteiger partial charge in [-0.05, 0) is 44.9 Å². The summed E-state index contributed by atoms with van der Waals surface area (Å²) in [6.45, 7) is 0.761. The lowest BCUT2D eigenvalue weighted by molar-refractivity contribution is -0.185. The van der Waals surface area contributed by atoms with Gasteiger partial charge >= 0.3 is 6.18 Å². The Kier molecular flexibility index (Phi) is 6.79. The van der Waals surface area contributed by atoms with Gasteiger partial charge in [0.1, 0.15) is 0 Å². The van der Waals surface area contributed by atoms with Crippen molar-refractivity contribution >= 4 is 5.91 Å². The maximum atomic E-state index is 12.6. The maximum Gasteiger partial charge on any atom is 0.391 e. The molecule has 20 heavy (non-hydrogen) atoms. The van der Waals surface area contributed by atoms with Crippen LogP contribution in [0.15, 0.2) is 0 Å². The van der Waals surface area contributed by atoms with Crippen molar-refractivity contribution in [1.82, 2.24) is 4.90 Å². The molecule has 1 saturated carbocycles. The van der Waals surface area contributed by atoms with E-state index in [1.165, 1.54) is 0 Å². The third kappa shape index (κ3) is 5.31. The molecule has 0 radical (unpaired) electrons. The van der Waals surface area contributed by atoms with Crippen LogP contribution in [0.25, 0.3) is 0 Å². The molecule has 3 nitrogen and oxygen atoms in total. The van der Waals surface area contributed by atoms with Gasteiger partial charge in [0.25, 0.3) is 0 Å². The number of nitrogens with zero attached hydrogens (tertiary/aromatic N) is 1. The molecule has 0 saturated heterocycles. The summed E-state index contributed by atoms with van der Waals surface area (Å²) in [5.41, 5.74) is 0. The number of alkyl halides is 3. The Morgan fingerprint density at radius 3 is 2.25 bits per heavy atom. The van der Waals surface area contributed by atoms with Crippen molar-refractivity contribution in [1.29, 1.82) is 0 Å². The first-order valence-corrected chi connectivity index (χ1v) is 7.28. The molecule has 0 heterocycles. The third-order valence-electron chi connectivity index (χ3n) is 4.07. The van der Waals surface area contributed by atoms with Crippen molar-refractivity contribution in [2.75, 3.05) is 20.2 Å². The SMILES string of the molecule is CN(CCCCCO)C(=O)C1CCC(C(F)(F)F)CC1. The van der Waals surface area contributed by atoms with Crippen molar-refractivity contribution in [3.05, 3.63) is 0 Å². The highest BCUT2D eigenvalue weighted by atomic mass is 19.4. The molecule has 1 rings (SSSR count). The largest absolute Gasteiger partial charge is 0.396 e. The number of aliphatic hydroxyl groups excluding tert-OH is 1. The van der Waals surface area contributed by atoms with E-state index in [1.54, 1.807) is 11.9 Å². The highest BCUT2D eigenvalue weighted by molar-refractivity contribution is 5.78. The number of rotatable bonds is 6. The smallest absolute Gasteiger partial charge is 0.391 e. The summed E-state index contributed by atoms with van der Waals surface area (Å²) in [6, 6.07) is 0. The molecule has 0 aromatic heterocycles. The third-order valence-corrected chi connectivity index (χ3v) is 4.07. The van der Waals surface area contributed by atoms with Gasteiger partial charge in [0.2, 0.25) is 5.91 Å². The molecule has 6 heteroatoms. The Labute approximate surface area is 118 Å². The molecule has 1 amide bonds. The summed E-state index contributed by atoms with van der Waals surface area (Å²) in [5, 5.41) is 8.66. The second kappa shape index (κ2) is 7.86. The fraction of sp³-hybridized carbons (Fsp3) is 0.929. The van der Waals surface area contributed by atoms with Gasteiger partial charge in [-0.2, -0.15) is 13.2 Å². The second-order valence-electron chi connectivity index (χ2n) is 5.63. The van der Waals surface area contributed by atoms with Gasteiger partial charge in [-0.3, -0.25) is 4.79 Å². The molecule has 1 fully saturated rings. The average Bonchev–Trinajstić information content (AvgIpc) is 2.41. The minimum Gasteiger partial charge on any atom is -0.396 e. The van der Waals surface area contributed by atoms with Crippen LogP contribution in [0.4, 0.5) is 13.2 Å². The molecular weight excluding hydrogens is 271 g/mol. The number of carbonyl (C=O) groups is 1. The Bertz CT molecular complexity index is 299. The van der Waals surface area contributed by atoms with Crippen LogP contribution < -0.4 is 0 Å². The van der Waals surface area contributed by atoms with Crippen LogP contribution in [-0.4, -0.2) is 42.3 Å². The second-order valence-corrected chi connectivity index (χ2v) is 5.63. The zero-order valence-electron chi connectivity index (χ0n) is 12.0. The van der Waals surface area contributed by atoms with Crippen LogP contribution in [0.2, 0.25) is 0 Å². The van der Waals surface area contributed by atoms with E-state index < -0.39 is 12.1 Å². The lowest BCUT2D eigenvalue weighted by Gasteiger charge is -2.31. The Balaban J connectivity index is 2.31. The molecular formula is C14H24F3NO2. The van der Waals surface area contributed by atoms with Crippen molar-refractivity contribution in [2.24, 2.45) is 11.8 Å². The Hall–Kier alpha value is -0.780. The number of hydrogen-bond acceptors (Lipinski definition) is 2. The molecule has 0 aliphatic heterocycles. The standard InChI is InChI=1S/C14H24F3NO2/c1-18(9-3-2-4-10-19)13(20)11-5-7-12(8-6-11)14(15,16)17/h11-12,19H,2-10H2,1H3. The van der Waals surface area contributed by atoms with Crippen molar-refractivity contribution < 1.29 is 23.1 Å². The van der Waals surface area contributed by atoms with E-state index >= 15 is 0 Å². The number of unbranched alkanes of at least 4 members (excludes halogenated alkanes) is 2. The fourth-order valence-corrected chi connectivity index (χ4v) is 2.73. The number of halogens is 3. The van der Waals surface area contributed by atoms with E-state index in [2.05, 4.69) is 0 Å². The van der Waals surface area contributed by atoms with Crippen LogP contribution >= 0.6 is 0 Å². The number of hydrogen-bond donors (Lipinski definition) is 1. The highest BCUT2D eigenvalue weighted by Crippen LogP contribution is 2.39. The molecule has 0 aromatic carbocycles. The molecule has 1 N–H and O–H groups in total. The number of aliphatic hydroxyl groups is 1. The zero-order chi connectivity index (χ0) is 15.2. The van der Waals surface area contributed by atoms with E-state index in [0.717, 1.165) is 19.3 Å². The van der Waals surface area contributed by atoms with E-state index in [1.807, 2.05) is 0 Å². The molecule has 0 aromatic rings. The lowest BCUT2D eigenvalue weighted by atomic mass is 9.81. The highest BCUT2D eigenvalue weighted by Gasteiger charge is 2.42. The van der Waals surface area contributed by atoms with Gasteiger partial charge in [0, 0.05) is 26.1 Å². The van der Waals surface area contributed by atoms with Crippen LogP contribution in [0.1, 0.15) is 44.9 Å². The predicted molar refractivity (Wildman–Crippen MR) is 70.1 cm³/mol. The van der Waals surface area contributed by atoms with E-state index in [-0.39, 0.29) is 31.3 Å². The van der Waals surface area contributed by atoms with E-state index in [4.69, 9.17) is 5.11 Å². The first kappa shape index (κ1) is 17.3. The van der Waals surface area contributed by atoms with E-state index in [0.29, 0.717) is 19.4 Å². The summed E-state index contributed by atoms with van der Waals surface area (Å²) < 4.78 is 37.7. The fourth-order valence-electron chi connectivity index (χ4n) is 2.73. The first-order chi connectivity index (χ1) is 9.36. The van der Waals surface area contributed by atoms with Crippen LogP contribution in [0.3, 0.4) is 0 Å². The Morgan fingerprint density at radius 2 is 1.75 bits per heavy atom. The summed E-state index contributed by atoms with van der Waals surface area (Å²) in [7, 11) is 1.71. The normalized spacial score (nSPS) is 23.6. The number of carbonyl (C=O) groups excluding carboxylic acids is 1.